The molecule has 0 aromatic heterocycles. The largest absolute Gasteiger partial charge is 0.496 e. The van der Waals surface area contributed by atoms with Crippen molar-refractivity contribution in [2.45, 2.75) is 20.4 Å². The van der Waals surface area contributed by atoms with Crippen molar-refractivity contribution in [2.75, 3.05) is 13.7 Å². The smallest absolute Gasteiger partial charge is 0.315 e. The number of nitrogens with one attached hydrogen (secondary N) is 2. The first-order valence-electron chi connectivity index (χ1n) is 5.77. The van der Waals surface area contributed by atoms with Gasteiger partial charge in [-0.2, -0.15) is 0 Å². The van der Waals surface area contributed by atoms with E-state index in [1.165, 1.54) is 0 Å². The molecule has 1 rings (SSSR count). The number of benzene rings is 1. The van der Waals surface area contributed by atoms with E-state index in [9.17, 15) is 4.79 Å². The lowest BCUT2D eigenvalue weighted by atomic mass is 10.2. The first kappa shape index (κ1) is 13.4. The monoisotopic (exact) mass is 236 g/mol. The Morgan fingerprint density at radius 1 is 1.29 bits per heavy atom. The Labute approximate surface area is 102 Å². The van der Waals surface area contributed by atoms with Crippen LogP contribution in [0.1, 0.15) is 19.4 Å². The first-order chi connectivity index (χ1) is 8.13. The number of rotatable bonds is 5. The molecule has 4 heteroatoms. The van der Waals surface area contributed by atoms with Gasteiger partial charge in [-0.05, 0) is 12.0 Å². The standard InChI is InChI=1S/C13H20N2O2/c1-10(2)8-14-13(16)15-9-11-6-4-5-7-12(11)17-3/h4-7,10H,8-9H2,1-3H3,(H2,14,15,16). The molecule has 0 atom stereocenters. The number of urea groups is 1. The second-order valence-electron chi connectivity index (χ2n) is 4.27. The predicted octanol–water partition coefficient (Wildman–Crippen LogP) is 2.15. The third-order valence-electron chi connectivity index (χ3n) is 2.30. The van der Waals surface area contributed by atoms with Crippen LogP contribution < -0.4 is 15.4 Å². The van der Waals surface area contributed by atoms with Crippen LogP contribution in [0.5, 0.6) is 5.75 Å². The molecule has 1 aromatic carbocycles. The van der Waals surface area contributed by atoms with Crippen LogP contribution in [-0.2, 0) is 6.54 Å². The summed E-state index contributed by atoms with van der Waals surface area (Å²) in [5.74, 6) is 1.24. The van der Waals surface area contributed by atoms with Crippen molar-refractivity contribution in [1.82, 2.24) is 10.6 Å². The van der Waals surface area contributed by atoms with Crippen LogP contribution in [0.4, 0.5) is 4.79 Å². The molecule has 4 nitrogen and oxygen atoms in total. The van der Waals surface area contributed by atoms with Gasteiger partial charge in [-0.3, -0.25) is 0 Å². The van der Waals surface area contributed by atoms with Gasteiger partial charge in [0.2, 0.25) is 0 Å². The molecule has 94 valence electrons. The Morgan fingerprint density at radius 3 is 2.65 bits per heavy atom. The summed E-state index contributed by atoms with van der Waals surface area (Å²) in [5, 5.41) is 5.60. The molecule has 17 heavy (non-hydrogen) atoms. The molecule has 0 aliphatic rings. The predicted molar refractivity (Wildman–Crippen MR) is 68.1 cm³/mol. The molecule has 0 radical (unpaired) electrons. The number of para-hydroxylation sites is 1. The Morgan fingerprint density at radius 2 is 2.00 bits per heavy atom. The SMILES string of the molecule is COc1ccccc1CNC(=O)NCC(C)C. The average molecular weight is 236 g/mol. The van der Waals surface area contributed by atoms with Crippen molar-refractivity contribution < 1.29 is 9.53 Å². The van der Waals surface area contributed by atoms with Gasteiger partial charge in [0, 0.05) is 18.7 Å². The lowest BCUT2D eigenvalue weighted by molar-refractivity contribution is 0.239. The number of hydrogen-bond acceptors (Lipinski definition) is 2. The highest BCUT2D eigenvalue weighted by Crippen LogP contribution is 2.16. The van der Waals surface area contributed by atoms with Crippen molar-refractivity contribution >= 4 is 6.03 Å². The molecule has 0 saturated carbocycles. The highest BCUT2D eigenvalue weighted by Gasteiger charge is 2.04. The Balaban J connectivity index is 2.42. The molecule has 0 saturated heterocycles. The third-order valence-corrected chi connectivity index (χ3v) is 2.30. The average Bonchev–Trinajstić information content (AvgIpc) is 2.34. The fourth-order valence-corrected chi connectivity index (χ4v) is 1.38. The van der Waals surface area contributed by atoms with Gasteiger partial charge in [-0.1, -0.05) is 32.0 Å². The minimum absolute atomic E-state index is 0.149. The van der Waals surface area contributed by atoms with Crippen LogP contribution in [0, 0.1) is 5.92 Å². The van der Waals surface area contributed by atoms with Crippen LogP contribution in [0.15, 0.2) is 24.3 Å². The highest BCUT2D eigenvalue weighted by atomic mass is 16.5. The van der Waals surface area contributed by atoms with Crippen molar-refractivity contribution in [3.05, 3.63) is 29.8 Å². The van der Waals surface area contributed by atoms with E-state index in [4.69, 9.17) is 4.74 Å². The number of methoxy groups -OCH3 is 1. The van der Waals surface area contributed by atoms with Gasteiger partial charge in [0.15, 0.2) is 0 Å². The van der Waals surface area contributed by atoms with E-state index in [2.05, 4.69) is 24.5 Å². The van der Waals surface area contributed by atoms with E-state index in [0.717, 1.165) is 11.3 Å². The van der Waals surface area contributed by atoms with Gasteiger partial charge < -0.3 is 15.4 Å². The molecule has 2 amide bonds. The molecule has 0 aliphatic carbocycles. The van der Waals surface area contributed by atoms with E-state index in [-0.39, 0.29) is 6.03 Å². The molecule has 0 heterocycles. The minimum atomic E-state index is -0.149. The second kappa shape index (κ2) is 6.78. The van der Waals surface area contributed by atoms with Crippen molar-refractivity contribution in [3.63, 3.8) is 0 Å². The fraction of sp³-hybridized carbons (Fsp3) is 0.462. The van der Waals surface area contributed by atoms with Crippen molar-refractivity contribution in [3.8, 4) is 5.75 Å². The molecule has 0 fully saturated rings. The number of ether oxygens (including phenoxy) is 1. The van der Waals surface area contributed by atoms with Gasteiger partial charge in [-0.15, -0.1) is 0 Å². The van der Waals surface area contributed by atoms with Crippen LogP contribution in [-0.4, -0.2) is 19.7 Å². The molecule has 1 aromatic rings. The normalized spacial score (nSPS) is 10.1. The zero-order valence-electron chi connectivity index (χ0n) is 10.6. The molecular formula is C13H20N2O2. The highest BCUT2D eigenvalue weighted by molar-refractivity contribution is 5.73. The van der Waals surface area contributed by atoms with Gasteiger partial charge in [-0.25, -0.2) is 4.79 Å². The van der Waals surface area contributed by atoms with Crippen molar-refractivity contribution in [2.24, 2.45) is 5.92 Å². The maximum atomic E-state index is 11.5. The molecule has 2 N–H and O–H groups in total. The number of hydrogen-bond donors (Lipinski definition) is 2. The Kier molecular flexibility index (Phi) is 5.33. The summed E-state index contributed by atoms with van der Waals surface area (Å²) in [5.41, 5.74) is 0.967. The fourth-order valence-electron chi connectivity index (χ4n) is 1.38. The number of carbonyl (C=O) groups excluding carboxylic acids is 1. The number of amides is 2. The van der Waals surface area contributed by atoms with Crippen LogP contribution in [0.2, 0.25) is 0 Å². The summed E-state index contributed by atoms with van der Waals surface area (Å²) in [6, 6.07) is 7.49. The van der Waals surface area contributed by atoms with Crippen LogP contribution >= 0.6 is 0 Å². The minimum Gasteiger partial charge on any atom is -0.496 e. The summed E-state index contributed by atoms with van der Waals surface area (Å²) in [6.45, 7) is 5.26. The summed E-state index contributed by atoms with van der Waals surface area (Å²) in [7, 11) is 1.62. The zero-order chi connectivity index (χ0) is 12.7. The van der Waals surface area contributed by atoms with E-state index in [1.54, 1.807) is 7.11 Å². The van der Waals surface area contributed by atoms with Crippen molar-refractivity contribution in [1.29, 1.82) is 0 Å². The molecular weight excluding hydrogens is 216 g/mol. The van der Waals surface area contributed by atoms with E-state index in [0.29, 0.717) is 19.0 Å². The third kappa shape index (κ3) is 4.76. The van der Waals surface area contributed by atoms with Crippen LogP contribution in [0.25, 0.3) is 0 Å². The molecule has 0 bridgehead atoms. The molecule has 0 aliphatic heterocycles. The first-order valence-corrected chi connectivity index (χ1v) is 5.77. The van der Waals surface area contributed by atoms with Crippen LogP contribution in [0.3, 0.4) is 0 Å². The van der Waals surface area contributed by atoms with Gasteiger partial charge in [0.1, 0.15) is 5.75 Å². The maximum Gasteiger partial charge on any atom is 0.315 e. The lowest BCUT2D eigenvalue weighted by Gasteiger charge is -2.11. The maximum absolute atomic E-state index is 11.5. The number of carbonyl (C=O) groups is 1. The van der Waals surface area contributed by atoms with Gasteiger partial charge in [0.25, 0.3) is 0 Å². The Hall–Kier alpha value is -1.71. The zero-order valence-corrected chi connectivity index (χ0v) is 10.6. The summed E-state index contributed by atoms with van der Waals surface area (Å²) in [4.78, 5) is 11.5. The molecule has 0 spiro atoms. The molecule has 0 unspecified atom stereocenters. The topological polar surface area (TPSA) is 50.4 Å². The van der Waals surface area contributed by atoms with E-state index >= 15 is 0 Å². The summed E-state index contributed by atoms with van der Waals surface area (Å²) >= 11 is 0. The quantitative estimate of drug-likeness (QED) is 0.823. The Bertz CT molecular complexity index is 364. The van der Waals surface area contributed by atoms with E-state index in [1.807, 2.05) is 24.3 Å². The summed E-state index contributed by atoms with van der Waals surface area (Å²) < 4.78 is 5.20. The van der Waals surface area contributed by atoms with Gasteiger partial charge >= 0.3 is 6.03 Å². The second-order valence-corrected chi connectivity index (χ2v) is 4.27. The lowest BCUT2D eigenvalue weighted by Crippen LogP contribution is -2.37. The van der Waals surface area contributed by atoms with Gasteiger partial charge in [0.05, 0.1) is 7.11 Å². The van der Waals surface area contributed by atoms with E-state index < -0.39 is 0 Å². The summed E-state index contributed by atoms with van der Waals surface area (Å²) in [6.07, 6.45) is 0.